The van der Waals surface area contributed by atoms with Gasteiger partial charge in [0.1, 0.15) is 18.8 Å². The Kier molecular flexibility index (Phi) is 4.22. The van der Waals surface area contributed by atoms with Crippen LogP contribution in [0.15, 0.2) is 31.1 Å². The van der Waals surface area contributed by atoms with Crippen molar-refractivity contribution < 1.29 is 9.53 Å². The second-order valence-corrected chi connectivity index (χ2v) is 6.78. The minimum atomic E-state index is -0.276. The van der Waals surface area contributed by atoms with Crippen LogP contribution in [0.1, 0.15) is 18.7 Å². The Morgan fingerprint density at radius 2 is 2.00 bits per heavy atom. The summed E-state index contributed by atoms with van der Waals surface area (Å²) >= 11 is 0. The Morgan fingerprint density at radius 3 is 2.68 bits per heavy atom. The average Bonchev–Trinajstić information content (AvgIpc) is 3.05. The summed E-state index contributed by atoms with van der Waals surface area (Å²) in [5.41, 5.74) is 0.465. The molecule has 8 heteroatoms. The van der Waals surface area contributed by atoms with E-state index in [2.05, 4.69) is 24.4 Å². The third-order valence-electron chi connectivity index (χ3n) is 5.16. The van der Waals surface area contributed by atoms with E-state index in [1.165, 1.54) is 6.33 Å². The van der Waals surface area contributed by atoms with Gasteiger partial charge in [0.05, 0.1) is 36.8 Å². The summed E-state index contributed by atoms with van der Waals surface area (Å²) in [6.07, 6.45) is 10.4. The number of hydrogen-bond donors (Lipinski definition) is 0. The second kappa shape index (κ2) is 6.53. The lowest BCUT2D eigenvalue weighted by atomic mass is 9.89. The number of piperidine rings is 1. The van der Waals surface area contributed by atoms with Crippen molar-refractivity contribution in [2.24, 2.45) is 7.05 Å². The zero-order valence-corrected chi connectivity index (χ0v) is 14.3. The molecule has 0 bridgehead atoms. The first-order valence-electron chi connectivity index (χ1n) is 8.53. The standard InChI is InChI=1S/C17H22N6O2/c1-21-7-4-20-15(21)10-22-5-2-17(3-6-22)12-23(16(24)11-25-17)14-8-18-13-19-9-14/h4,7-9,13H,2-3,5-6,10-12H2,1H3. The van der Waals surface area contributed by atoms with Crippen LogP contribution in [-0.2, 0) is 23.1 Å². The summed E-state index contributed by atoms with van der Waals surface area (Å²) in [4.78, 5) is 28.9. The van der Waals surface area contributed by atoms with E-state index in [1.807, 2.05) is 19.4 Å². The monoisotopic (exact) mass is 342 g/mol. The maximum Gasteiger partial charge on any atom is 0.253 e. The molecule has 0 radical (unpaired) electrons. The fraction of sp³-hybridized carbons (Fsp3) is 0.529. The Morgan fingerprint density at radius 1 is 1.24 bits per heavy atom. The fourth-order valence-electron chi connectivity index (χ4n) is 3.55. The number of hydrogen-bond acceptors (Lipinski definition) is 6. The molecule has 25 heavy (non-hydrogen) atoms. The molecule has 0 N–H and O–H groups in total. The molecule has 0 unspecified atom stereocenters. The van der Waals surface area contributed by atoms with E-state index in [9.17, 15) is 4.79 Å². The third-order valence-corrected chi connectivity index (χ3v) is 5.16. The molecule has 0 aromatic carbocycles. The van der Waals surface area contributed by atoms with E-state index in [1.54, 1.807) is 17.3 Å². The number of anilines is 1. The highest BCUT2D eigenvalue weighted by molar-refractivity contribution is 5.94. The van der Waals surface area contributed by atoms with Crippen LogP contribution in [0.4, 0.5) is 5.69 Å². The van der Waals surface area contributed by atoms with Crippen LogP contribution in [0, 0.1) is 0 Å². The smallest absolute Gasteiger partial charge is 0.253 e. The van der Waals surface area contributed by atoms with E-state index in [-0.39, 0.29) is 18.1 Å². The predicted octanol–water partition coefficient (Wildman–Crippen LogP) is 0.608. The maximum atomic E-state index is 12.3. The number of amides is 1. The molecule has 4 rings (SSSR count). The van der Waals surface area contributed by atoms with Crippen LogP contribution in [0.2, 0.25) is 0 Å². The molecule has 2 aliphatic rings. The Labute approximate surface area is 146 Å². The van der Waals surface area contributed by atoms with Gasteiger partial charge in [0.15, 0.2) is 0 Å². The lowest BCUT2D eigenvalue weighted by molar-refractivity contribution is -0.145. The lowest BCUT2D eigenvalue weighted by Crippen LogP contribution is -2.59. The molecule has 1 amide bonds. The number of carbonyl (C=O) groups excluding carboxylic acids is 1. The van der Waals surface area contributed by atoms with Gasteiger partial charge < -0.3 is 14.2 Å². The van der Waals surface area contributed by atoms with Gasteiger partial charge in [0, 0.05) is 32.5 Å². The second-order valence-electron chi connectivity index (χ2n) is 6.78. The number of likely N-dealkylation sites (tertiary alicyclic amines) is 1. The number of nitrogens with zero attached hydrogens (tertiary/aromatic N) is 6. The van der Waals surface area contributed by atoms with Crippen LogP contribution in [0.25, 0.3) is 0 Å². The number of carbonyl (C=O) groups is 1. The quantitative estimate of drug-likeness (QED) is 0.813. The Bertz CT molecular complexity index is 739. The van der Waals surface area contributed by atoms with Crippen LogP contribution in [0.5, 0.6) is 0 Å². The van der Waals surface area contributed by atoms with Crippen molar-refractivity contribution in [2.45, 2.75) is 25.0 Å². The minimum Gasteiger partial charge on any atom is -0.363 e. The lowest BCUT2D eigenvalue weighted by Gasteiger charge is -2.46. The van der Waals surface area contributed by atoms with Gasteiger partial charge >= 0.3 is 0 Å². The van der Waals surface area contributed by atoms with Gasteiger partial charge in [0.25, 0.3) is 5.91 Å². The van der Waals surface area contributed by atoms with Crippen LogP contribution >= 0.6 is 0 Å². The largest absolute Gasteiger partial charge is 0.363 e. The number of rotatable bonds is 3. The van der Waals surface area contributed by atoms with Crippen molar-refractivity contribution in [2.75, 3.05) is 31.1 Å². The van der Waals surface area contributed by atoms with Gasteiger partial charge in [0.2, 0.25) is 0 Å². The molecule has 2 aromatic rings. The molecular weight excluding hydrogens is 320 g/mol. The molecule has 4 heterocycles. The van der Waals surface area contributed by atoms with E-state index in [4.69, 9.17) is 4.74 Å². The van der Waals surface area contributed by atoms with E-state index < -0.39 is 0 Å². The molecule has 0 atom stereocenters. The molecule has 2 fully saturated rings. The summed E-state index contributed by atoms with van der Waals surface area (Å²) in [5.74, 6) is 1.04. The van der Waals surface area contributed by atoms with Crippen molar-refractivity contribution in [1.29, 1.82) is 0 Å². The van der Waals surface area contributed by atoms with Crippen molar-refractivity contribution >= 4 is 11.6 Å². The SMILES string of the molecule is Cn1ccnc1CN1CCC2(CC1)CN(c1cncnc1)C(=O)CO2. The van der Waals surface area contributed by atoms with Crippen LogP contribution in [0.3, 0.4) is 0 Å². The first-order chi connectivity index (χ1) is 12.2. The summed E-state index contributed by atoms with van der Waals surface area (Å²) in [7, 11) is 2.02. The van der Waals surface area contributed by atoms with Gasteiger partial charge in [-0.3, -0.25) is 9.69 Å². The zero-order valence-electron chi connectivity index (χ0n) is 14.3. The predicted molar refractivity (Wildman–Crippen MR) is 90.8 cm³/mol. The van der Waals surface area contributed by atoms with Gasteiger partial charge in [-0.2, -0.15) is 0 Å². The van der Waals surface area contributed by atoms with Crippen LogP contribution in [-0.4, -0.2) is 62.2 Å². The topological polar surface area (TPSA) is 76.4 Å². The number of ether oxygens (including phenoxy) is 1. The van der Waals surface area contributed by atoms with E-state index in [0.29, 0.717) is 6.54 Å². The van der Waals surface area contributed by atoms with Crippen LogP contribution < -0.4 is 4.90 Å². The van der Waals surface area contributed by atoms with Crippen molar-refractivity contribution in [3.8, 4) is 0 Å². The Balaban J connectivity index is 1.42. The van der Waals surface area contributed by atoms with Gasteiger partial charge in [-0.1, -0.05) is 0 Å². The third kappa shape index (κ3) is 3.27. The van der Waals surface area contributed by atoms with Crippen molar-refractivity contribution in [3.05, 3.63) is 36.9 Å². The minimum absolute atomic E-state index is 0.0316. The van der Waals surface area contributed by atoms with Gasteiger partial charge in [-0.15, -0.1) is 0 Å². The molecule has 2 aliphatic heterocycles. The zero-order chi connectivity index (χ0) is 17.3. The first-order valence-corrected chi connectivity index (χ1v) is 8.53. The highest BCUT2D eigenvalue weighted by Gasteiger charge is 2.42. The molecular formula is C17H22N6O2. The molecule has 0 saturated carbocycles. The summed E-state index contributed by atoms with van der Waals surface area (Å²) in [5, 5.41) is 0. The normalized spacial score (nSPS) is 21.0. The number of aromatic nitrogens is 4. The summed E-state index contributed by atoms with van der Waals surface area (Å²) in [6.45, 7) is 3.39. The number of aryl methyl sites for hydroxylation is 1. The molecule has 2 aromatic heterocycles. The number of imidazole rings is 1. The molecule has 0 aliphatic carbocycles. The molecule has 2 saturated heterocycles. The maximum absolute atomic E-state index is 12.3. The van der Waals surface area contributed by atoms with Crippen molar-refractivity contribution in [3.63, 3.8) is 0 Å². The average molecular weight is 342 g/mol. The van der Waals surface area contributed by atoms with Crippen molar-refractivity contribution in [1.82, 2.24) is 24.4 Å². The molecule has 132 valence electrons. The summed E-state index contributed by atoms with van der Waals surface area (Å²) < 4.78 is 8.05. The Hall–Kier alpha value is -2.32. The van der Waals surface area contributed by atoms with Gasteiger partial charge in [-0.05, 0) is 12.8 Å². The van der Waals surface area contributed by atoms with E-state index >= 15 is 0 Å². The molecule has 8 nitrogen and oxygen atoms in total. The van der Waals surface area contributed by atoms with Gasteiger partial charge in [-0.25, -0.2) is 15.0 Å². The highest BCUT2D eigenvalue weighted by Crippen LogP contribution is 2.32. The highest BCUT2D eigenvalue weighted by atomic mass is 16.5. The fourth-order valence-corrected chi connectivity index (χ4v) is 3.55. The van der Waals surface area contributed by atoms with E-state index in [0.717, 1.165) is 44.0 Å². The first kappa shape index (κ1) is 16.2. The molecule has 1 spiro atoms. The number of morpholine rings is 1. The summed E-state index contributed by atoms with van der Waals surface area (Å²) in [6, 6.07) is 0.